The number of aromatic amines is 1. The van der Waals surface area contributed by atoms with Crippen molar-refractivity contribution < 1.29 is 23.5 Å². The van der Waals surface area contributed by atoms with Crippen molar-refractivity contribution in [2.75, 3.05) is 33.5 Å². The lowest BCUT2D eigenvalue weighted by Crippen LogP contribution is -2.37. The molecule has 1 aliphatic carbocycles. The fraction of sp³-hybridized carbons (Fsp3) is 0.433. The molecule has 3 amide bonds. The standard InChI is InChI=1S/C30H37FN6O5/c1-35(2)26(38)13-6-5-12-25(42-30(41)36(3)4)28(39)34-23-11-8-14-37(29(23)40)18-20-16-24-27(33-20)21(22(31)17-32-24)15-19-9-7-10-19/h6,8,11,13-14,16-17,19,25,33H,5,7,9-10,12,15,18H2,1-4H3,(H,34,39)/b13-6+/t25-/m0/s1. The van der Waals surface area contributed by atoms with Crippen LogP contribution in [0.3, 0.4) is 0 Å². The maximum Gasteiger partial charge on any atom is 0.410 e. The molecular weight excluding hydrogens is 543 g/mol. The fourth-order valence-corrected chi connectivity index (χ4v) is 4.63. The topological polar surface area (TPSA) is 130 Å². The molecule has 0 bridgehead atoms. The summed E-state index contributed by atoms with van der Waals surface area (Å²) in [7, 11) is 6.23. The van der Waals surface area contributed by atoms with Crippen molar-refractivity contribution in [3.05, 3.63) is 70.2 Å². The molecule has 12 heteroatoms. The van der Waals surface area contributed by atoms with Gasteiger partial charge in [-0.3, -0.25) is 19.4 Å². The number of nitrogens with zero attached hydrogens (tertiary/aromatic N) is 4. The third kappa shape index (κ3) is 7.42. The average molecular weight is 581 g/mol. The third-order valence-corrected chi connectivity index (χ3v) is 7.29. The second-order valence-electron chi connectivity index (χ2n) is 11.0. The van der Waals surface area contributed by atoms with Gasteiger partial charge in [0.25, 0.3) is 11.5 Å². The zero-order valence-electron chi connectivity index (χ0n) is 24.4. The van der Waals surface area contributed by atoms with Crippen LogP contribution in [0.15, 0.2) is 47.5 Å². The van der Waals surface area contributed by atoms with Gasteiger partial charge in [0.2, 0.25) is 5.91 Å². The van der Waals surface area contributed by atoms with Crippen LogP contribution in [0, 0.1) is 11.7 Å². The molecule has 42 heavy (non-hydrogen) atoms. The van der Waals surface area contributed by atoms with Gasteiger partial charge < -0.3 is 29.4 Å². The maximum absolute atomic E-state index is 14.6. The van der Waals surface area contributed by atoms with Crippen LogP contribution in [0.1, 0.15) is 43.4 Å². The monoisotopic (exact) mass is 580 g/mol. The third-order valence-electron chi connectivity index (χ3n) is 7.29. The molecule has 1 aliphatic rings. The van der Waals surface area contributed by atoms with Crippen LogP contribution in [0.25, 0.3) is 11.0 Å². The lowest BCUT2D eigenvalue weighted by Gasteiger charge is -2.25. The Labute approximate surface area is 243 Å². The van der Waals surface area contributed by atoms with Gasteiger partial charge in [-0.05, 0) is 49.5 Å². The van der Waals surface area contributed by atoms with E-state index in [1.807, 2.05) is 0 Å². The number of carbonyl (C=O) groups is 3. The van der Waals surface area contributed by atoms with Crippen LogP contribution in [0.5, 0.6) is 0 Å². The highest BCUT2D eigenvalue weighted by atomic mass is 19.1. The van der Waals surface area contributed by atoms with E-state index >= 15 is 0 Å². The summed E-state index contributed by atoms with van der Waals surface area (Å²) in [5.41, 5.74) is 2.10. The number of anilines is 1. The lowest BCUT2D eigenvalue weighted by atomic mass is 9.81. The Kier molecular flexibility index (Phi) is 9.76. The molecule has 1 fully saturated rings. The molecule has 0 spiro atoms. The van der Waals surface area contributed by atoms with Crippen LogP contribution in [0.4, 0.5) is 14.9 Å². The van der Waals surface area contributed by atoms with E-state index in [1.54, 1.807) is 38.5 Å². The molecule has 3 aromatic heterocycles. The summed E-state index contributed by atoms with van der Waals surface area (Å²) >= 11 is 0. The van der Waals surface area contributed by atoms with E-state index in [9.17, 15) is 23.6 Å². The lowest BCUT2D eigenvalue weighted by molar-refractivity contribution is -0.125. The van der Waals surface area contributed by atoms with Gasteiger partial charge in [0, 0.05) is 45.6 Å². The Bertz CT molecular complexity index is 1540. The summed E-state index contributed by atoms with van der Waals surface area (Å²) in [6.45, 7) is 0.146. The number of hydrogen-bond acceptors (Lipinski definition) is 6. The average Bonchev–Trinajstić information content (AvgIpc) is 3.33. The minimum Gasteiger partial charge on any atom is -0.436 e. The van der Waals surface area contributed by atoms with Crippen molar-refractivity contribution >= 4 is 34.6 Å². The van der Waals surface area contributed by atoms with Crippen LogP contribution in [-0.4, -0.2) is 76.5 Å². The van der Waals surface area contributed by atoms with Crippen molar-refractivity contribution in [1.82, 2.24) is 24.3 Å². The van der Waals surface area contributed by atoms with Crippen molar-refractivity contribution in [3.63, 3.8) is 0 Å². The van der Waals surface area contributed by atoms with Crippen molar-refractivity contribution in [2.24, 2.45) is 5.92 Å². The molecule has 11 nitrogen and oxygen atoms in total. The number of halogens is 1. The number of fused-ring (bicyclic) bond motifs is 1. The number of aromatic nitrogens is 3. The van der Waals surface area contributed by atoms with Gasteiger partial charge in [0.05, 0.1) is 23.8 Å². The summed E-state index contributed by atoms with van der Waals surface area (Å²) in [5.74, 6) is -0.749. The van der Waals surface area contributed by atoms with Crippen LogP contribution >= 0.6 is 0 Å². The van der Waals surface area contributed by atoms with Gasteiger partial charge in [0.15, 0.2) is 6.10 Å². The first-order valence-electron chi connectivity index (χ1n) is 13.9. The number of pyridine rings is 2. The van der Waals surface area contributed by atoms with Crippen LogP contribution < -0.4 is 10.9 Å². The minimum atomic E-state index is -1.20. The molecule has 0 aromatic carbocycles. The van der Waals surface area contributed by atoms with Gasteiger partial charge in [0.1, 0.15) is 11.5 Å². The zero-order chi connectivity index (χ0) is 30.4. The maximum atomic E-state index is 14.6. The largest absolute Gasteiger partial charge is 0.436 e. The first kappa shape index (κ1) is 30.5. The van der Waals surface area contributed by atoms with E-state index in [0.29, 0.717) is 34.6 Å². The SMILES string of the molecule is CN(C)C(=O)/C=C/CC[C@H](OC(=O)N(C)C)C(=O)Nc1cccn(Cc2cc3ncc(F)c(CC4CCC4)c3[nH]2)c1=O. The smallest absolute Gasteiger partial charge is 0.410 e. The van der Waals surface area contributed by atoms with E-state index < -0.39 is 23.7 Å². The van der Waals surface area contributed by atoms with Gasteiger partial charge in [-0.15, -0.1) is 0 Å². The summed E-state index contributed by atoms with van der Waals surface area (Å²) in [4.78, 5) is 60.5. The van der Waals surface area contributed by atoms with Crippen molar-refractivity contribution in [2.45, 2.75) is 51.2 Å². The van der Waals surface area contributed by atoms with Gasteiger partial charge in [-0.2, -0.15) is 0 Å². The molecule has 0 radical (unpaired) electrons. The summed E-state index contributed by atoms with van der Waals surface area (Å²) in [5, 5.41) is 2.59. The second-order valence-corrected chi connectivity index (χ2v) is 11.0. The number of likely N-dealkylation sites (N-methyl/N-ethyl adjacent to an activating group) is 1. The number of nitrogens with one attached hydrogen (secondary N) is 2. The predicted molar refractivity (Wildman–Crippen MR) is 157 cm³/mol. The van der Waals surface area contributed by atoms with Gasteiger partial charge >= 0.3 is 6.09 Å². The summed E-state index contributed by atoms with van der Waals surface area (Å²) in [6, 6.07) is 4.88. The van der Waals surface area contributed by atoms with Crippen LogP contribution in [0.2, 0.25) is 0 Å². The number of rotatable bonds is 11. The first-order chi connectivity index (χ1) is 20.0. The van der Waals surface area contributed by atoms with Gasteiger partial charge in [-0.1, -0.05) is 25.3 Å². The molecule has 1 atom stereocenters. The Hall–Kier alpha value is -4.48. The van der Waals surface area contributed by atoms with E-state index in [2.05, 4.69) is 15.3 Å². The molecule has 0 saturated heterocycles. The molecule has 0 aliphatic heterocycles. The number of H-pyrrole nitrogens is 1. The zero-order valence-corrected chi connectivity index (χ0v) is 24.4. The summed E-state index contributed by atoms with van der Waals surface area (Å²) in [6.07, 6.45) is 8.27. The Morgan fingerprint density at radius 2 is 2.00 bits per heavy atom. The predicted octanol–water partition coefficient (Wildman–Crippen LogP) is 3.68. The highest BCUT2D eigenvalue weighted by Gasteiger charge is 2.25. The molecule has 1 saturated carbocycles. The molecule has 0 unspecified atom stereocenters. The van der Waals surface area contributed by atoms with E-state index in [1.165, 1.54) is 53.2 Å². The molecule has 4 rings (SSSR count). The normalized spacial score (nSPS) is 14.0. The molecular formula is C30H37FN6O5. The van der Waals surface area contributed by atoms with Crippen LogP contribution in [-0.2, 0) is 27.3 Å². The van der Waals surface area contributed by atoms with E-state index in [0.717, 1.165) is 12.8 Å². The van der Waals surface area contributed by atoms with Crippen molar-refractivity contribution in [1.29, 1.82) is 0 Å². The highest BCUT2D eigenvalue weighted by Crippen LogP contribution is 2.32. The second kappa shape index (κ2) is 13.5. The molecule has 224 valence electrons. The number of ether oxygens (including phenoxy) is 1. The minimum absolute atomic E-state index is 0.0117. The number of allylic oxidation sites excluding steroid dienone is 1. The van der Waals surface area contributed by atoms with Gasteiger partial charge in [-0.25, -0.2) is 9.18 Å². The number of amides is 3. The molecule has 2 N–H and O–H groups in total. The summed E-state index contributed by atoms with van der Waals surface area (Å²) < 4.78 is 21.4. The number of carbonyl (C=O) groups excluding carboxylic acids is 3. The molecule has 3 aromatic rings. The Morgan fingerprint density at radius 3 is 2.67 bits per heavy atom. The highest BCUT2D eigenvalue weighted by molar-refractivity contribution is 5.95. The van der Waals surface area contributed by atoms with E-state index in [-0.39, 0.29) is 36.8 Å². The molecule has 3 heterocycles. The van der Waals surface area contributed by atoms with Crippen molar-refractivity contribution in [3.8, 4) is 0 Å². The quantitative estimate of drug-likeness (QED) is 0.333. The Balaban J connectivity index is 1.49. The number of hydrogen-bond donors (Lipinski definition) is 2. The fourth-order valence-electron chi connectivity index (χ4n) is 4.63. The Morgan fingerprint density at radius 1 is 1.24 bits per heavy atom. The van der Waals surface area contributed by atoms with E-state index in [4.69, 9.17) is 4.74 Å². The first-order valence-corrected chi connectivity index (χ1v) is 13.9.